The molecular formula is C18H23Cl2N7O2S. The van der Waals surface area contributed by atoms with Crippen LogP contribution in [0.15, 0.2) is 47.4 Å². The molecule has 0 radical (unpaired) electrons. The van der Waals surface area contributed by atoms with E-state index in [1.54, 1.807) is 6.07 Å². The van der Waals surface area contributed by atoms with Crippen molar-refractivity contribution in [2.75, 3.05) is 13.1 Å². The van der Waals surface area contributed by atoms with E-state index in [2.05, 4.69) is 25.9 Å². The van der Waals surface area contributed by atoms with E-state index in [1.807, 2.05) is 30.3 Å². The number of H-pyrrole nitrogens is 1. The maximum absolute atomic E-state index is 12.1. The van der Waals surface area contributed by atoms with E-state index in [0.717, 1.165) is 37.1 Å². The number of nitrogens with two attached hydrogens (primary N) is 2. The molecule has 3 aromatic rings. The highest BCUT2D eigenvalue weighted by atomic mass is 35.5. The van der Waals surface area contributed by atoms with Crippen LogP contribution in [0.1, 0.15) is 18.4 Å². The van der Waals surface area contributed by atoms with Crippen molar-refractivity contribution in [3.8, 4) is 22.5 Å². The fraction of sp³-hybridized carbons (Fsp3) is 0.278. The number of hydrogen-bond donors (Lipinski definition) is 4. The number of tetrazole rings is 1. The Labute approximate surface area is 186 Å². The highest BCUT2D eigenvalue weighted by Gasteiger charge is 2.29. The van der Waals surface area contributed by atoms with Gasteiger partial charge in [-0.05, 0) is 59.1 Å². The number of sulfonamides is 1. The first-order valence-corrected chi connectivity index (χ1v) is 10.4. The molecule has 1 fully saturated rings. The van der Waals surface area contributed by atoms with Crippen molar-refractivity contribution in [3.63, 3.8) is 0 Å². The molecule has 0 aliphatic carbocycles. The number of aromatic nitrogens is 4. The topological polar surface area (TPSA) is 153 Å². The van der Waals surface area contributed by atoms with Gasteiger partial charge in [0.1, 0.15) is 0 Å². The molecule has 162 valence electrons. The van der Waals surface area contributed by atoms with E-state index in [9.17, 15) is 8.42 Å². The van der Waals surface area contributed by atoms with Crippen LogP contribution in [0, 0.1) is 0 Å². The van der Waals surface area contributed by atoms with Gasteiger partial charge in [-0.1, -0.05) is 36.4 Å². The second-order valence-corrected chi connectivity index (χ2v) is 8.49. The molecule has 0 saturated carbocycles. The Morgan fingerprint density at radius 3 is 2.23 bits per heavy atom. The lowest BCUT2D eigenvalue weighted by Crippen LogP contribution is -2.46. The number of benzene rings is 2. The van der Waals surface area contributed by atoms with Gasteiger partial charge in [0.2, 0.25) is 10.0 Å². The van der Waals surface area contributed by atoms with Crippen molar-refractivity contribution in [1.29, 1.82) is 0 Å². The van der Waals surface area contributed by atoms with Crippen LogP contribution in [0.3, 0.4) is 0 Å². The molecule has 6 N–H and O–H groups in total. The average Bonchev–Trinajstić information content (AvgIpc) is 3.22. The number of aromatic amines is 1. The number of piperidine rings is 1. The van der Waals surface area contributed by atoms with Crippen molar-refractivity contribution in [3.05, 3.63) is 48.0 Å². The van der Waals surface area contributed by atoms with E-state index < -0.39 is 10.0 Å². The lowest BCUT2D eigenvalue weighted by molar-refractivity contribution is 0.317. The molecule has 0 amide bonds. The monoisotopic (exact) mass is 471 g/mol. The van der Waals surface area contributed by atoms with Crippen LogP contribution < -0.4 is 16.2 Å². The lowest BCUT2D eigenvalue weighted by atomic mass is 9.82. The molecule has 0 bridgehead atoms. The summed E-state index contributed by atoms with van der Waals surface area (Å²) in [5.41, 5.74) is 9.11. The van der Waals surface area contributed by atoms with Gasteiger partial charge in [0.15, 0.2) is 5.82 Å². The van der Waals surface area contributed by atoms with Gasteiger partial charge in [-0.15, -0.1) is 29.9 Å². The van der Waals surface area contributed by atoms with Crippen molar-refractivity contribution >= 4 is 34.8 Å². The zero-order chi connectivity index (χ0) is 19.8. The summed E-state index contributed by atoms with van der Waals surface area (Å²) < 4.78 is 24.2. The molecule has 0 atom stereocenters. The van der Waals surface area contributed by atoms with E-state index in [1.165, 1.54) is 6.07 Å². The van der Waals surface area contributed by atoms with Crippen LogP contribution in [0.25, 0.3) is 22.5 Å². The number of hydrogen-bond acceptors (Lipinski definition) is 7. The van der Waals surface area contributed by atoms with Crippen LogP contribution in [-0.2, 0) is 15.6 Å². The van der Waals surface area contributed by atoms with Crippen molar-refractivity contribution in [2.45, 2.75) is 23.3 Å². The summed E-state index contributed by atoms with van der Waals surface area (Å²) in [6, 6.07) is 12.7. The average molecular weight is 472 g/mol. The summed E-state index contributed by atoms with van der Waals surface area (Å²) in [4.78, 5) is -0.0405. The van der Waals surface area contributed by atoms with Gasteiger partial charge in [-0.25, -0.2) is 18.7 Å². The fourth-order valence-corrected chi connectivity index (χ4v) is 4.42. The third kappa shape index (κ3) is 4.64. The minimum absolute atomic E-state index is 0. The molecule has 1 aromatic heterocycles. The SMILES string of the molecule is Cl.Cl.NC1(c2ccc(-c3cccc(S(N)(=O)=O)c3-c3nnn[nH]3)cc2)CCNCC1. The highest BCUT2D eigenvalue weighted by molar-refractivity contribution is 7.89. The molecule has 0 unspecified atom stereocenters. The minimum Gasteiger partial charge on any atom is -0.321 e. The Hall–Kier alpha value is -2.08. The van der Waals surface area contributed by atoms with Crippen LogP contribution in [0.5, 0.6) is 0 Å². The van der Waals surface area contributed by atoms with Gasteiger partial charge in [-0.2, -0.15) is 0 Å². The van der Waals surface area contributed by atoms with Crippen LogP contribution in [0.2, 0.25) is 0 Å². The van der Waals surface area contributed by atoms with Gasteiger partial charge in [0.05, 0.1) is 4.90 Å². The molecule has 1 aliphatic heterocycles. The van der Waals surface area contributed by atoms with E-state index in [4.69, 9.17) is 10.9 Å². The Morgan fingerprint density at radius 2 is 1.67 bits per heavy atom. The van der Waals surface area contributed by atoms with E-state index >= 15 is 0 Å². The maximum Gasteiger partial charge on any atom is 0.238 e. The quantitative estimate of drug-likeness (QED) is 0.450. The van der Waals surface area contributed by atoms with Gasteiger partial charge in [0.25, 0.3) is 0 Å². The number of nitrogens with zero attached hydrogens (tertiary/aromatic N) is 3. The van der Waals surface area contributed by atoms with Crippen LogP contribution >= 0.6 is 24.8 Å². The second kappa shape index (κ2) is 9.38. The number of halogens is 2. The summed E-state index contributed by atoms with van der Waals surface area (Å²) in [6.45, 7) is 1.77. The number of primary sulfonamides is 1. The first kappa shape index (κ1) is 24.2. The zero-order valence-corrected chi connectivity index (χ0v) is 18.4. The molecule has 0 spiro atoms. The normalized spacial score (nSPS) is 15.7. The third-order valence-electron chi connectivity index (χ3n) is 5.18. The highest BCUT2D eigenvalue weighted by Crippen LogP contribution is 2.36. The molecule has 9 nitrogen and oxygen atoms in total. The molecule has 30 heavy (non-hydrogen) atoms. The molecule has 4 rings (SSSR count). The van der Waals surface area contributed by atoms with Crippen molar-refractivity contribution in [2.24, 2.45) is 10.9 Å². The smallest absolute Gasteiger partial charge is 0.238 e. The first-order chi connectivity index (χ1) is 13.4. The standard InChI is InChI=1S/C18H21N7O2S.2ClH/c19-18(8-10-21-11-9-18)13-6-4-12(5-7-13)14-2-1-3-15(28(20,26)27)16(14)17-22-24-25-23-17;;/h1-7,21H,8-11,19H2,(H2,20,26,27)(H,22,23,24,25);2*1H. The lowest BCUT2D eigenvalue weighted by Gasteiger charge is -2.34. The molecule has 2 aromatic carbocycles. The molecule has 12 heteroatoms. The van der Waals surface area contributed by atoms with Crippen molar-refractivity contribution < 1.29 is 8.42 Å². The minimum atomic E-state index is -3.97. The van der Waals surface area contributed by atoms with Gasteiger partial charge in [-0.3, -0.25) is 0 Å². The van der Waals surface area contributed by atoms with Crippen LogP contribution in [-0.4, -0.2) is 42.1 Å². The summed E-state index contributed by atoms with van der Waals surface area (Å²) in [6.07, 6.45) is 1.73. The fourth-order valence-electron chi connectivity index (χ4n) is 3.66. The Bertz CT molecular complexity index is 1080. The predicted molar refractivity (Wildman–Crippen MR) is 119 cm³/mol. The molecule has 2 heterocycles. The molecule has 1 aliphatic rings. The molecule has 1 saturated heterocycles. The maximum atomic E-state index is 12.1. The summed E-state index contributed by atoms with van der Waals surface area (Å²) in [5, 5.41) is 22.4. The third-order valence-corrected chi connectivity index (χ3v) is 6.13. The van der Waals surface area contributed by atoms with Crippen LogP contribution in [0.4, 0.5) is 0 Å². The van der Waals surface area contributed by atoms with Gasteiger partial charge >= 0.3 is 0 Å². The van der Waals surface area contributed by atoms with E-state index in [0.29, 0.717) is 11.1 Å². The largest absolute Gasteiger partial charge is 0.321 e. The van der Waals surface area contributed by atoms with Crippen molar-refractivity contribution in [1.82, 2.24) is 25.9 Å². The summed E-state index contributed by atoms with van der Waals surface area (Å²) in [7, 11) is -3.97. The summed E-state index contributed by atoms with van der Waals surface area (Å²) in [5.74, 6) is 0.234. The van der Waals surface area contributed by atoms with Gasteiger partial charge < -0.3 is 11.1 Å². The van der Waals surface area contributed by atoms with E-state index in [-0.39, 0.29) is 41.1 Å². The first-order valence-electron chi connectivity index (χ1n) is 8.89. The Kier molecular flexibility index (Phi) is 7.56. The predicted octanol–water partition coefficient (Wildman–Crippen LogP) is 1.56. The Balaban J connectivity index is 0.00000160. The molecular weight excluding hydrogens is 449 g/mol. The second-order valence-electron chi connectivity index (χ2n) is 6.96. The zero-order valence-electron chi connectivity index (χ0n) is 15.9. The summed E-state index contributed by atoms with van der Waals surface area (Å²) >= 11 is 0. The van der Waals surface area contributed by atoms with Gasteiger partial charge in [0, 0.05) is 11.1 Å². The number of nitrogens with one attached hydrogen (secondary N) is 2. The number of rotatable bonds is 4. The Morgan fingerprint density at radius 1 is 1.00 bits per heavy atom.